The van der Waals surface area contributed by atoms with Gasteiger partial charge in [0, 0.05) is 11.7 Å². The summed E-state index contributed by atoms with van der Waals surface area (Å²) < 4.78 is 0. The molecule has 2 aliphatic carbocycles. The molecule has 0 amide bonds. The van der Waals surface area contributed by atoms with Crippen LogP contribution in [0.1, 0.15) is 19.8 Å². The highest BCUT2D eigenvalue weighted by Gasteiger charge is 2.07. The molecular weight excluding hydrogens is 170 g/mol. The second-order valence-corrected chi connectivity index (χ2v) is 4.03. The highest BCUT2D eigenvalue weighted by Crippen LogP contribution is 2.15. The Hall–Kier alpha value is -1.24. The average molecular weight is 187 g/mol. The Morgan fingerprint density at radius 2 is 2.14 bits per heavy atom. The first-order chi connectivity index (χ1) is 6.84. The molecule has 0 aromatic carbocycles. The molecule has 0 spiro atoms. The van der Waals surface area contributed by atoms with Gasteiger partial charge in [0.1, 0.15) is 0 Å². The van der Waals surface area contributed by atoms with Gasteiger partial charge in [0.05, 0.1) is 0 Å². The Kier molecular flexibility index (Phi) is 2.87. The van der Waals surface area contributed by atoms with Crippen molar-refractivity contribution >= 4 is 0 Å². The van der Waals surface area contributed by atoms with Crippen LogP contribution in [0.3, 0.4) is 0 Å². The minimum absolute atomic E-state index is 0.476. The predicted molar refractivity (Wildman–Crippen MR) is 60.8 cm³/mol. The summed E-state index contributed by atoms with van der Waals surface area (Å²) in [5, 5.41) is 3.51. The fraction of sp³-hybridized carbons (Fsp3) is 0.385. The molecule has 0 saturated carbocycles. The van der Waals surface area contributed by atoms with Crippen LogP contribution in [-0.2, 0) is 0 Å². The molecule has 74 valence electrons. The smallest absolute Gasteiger partial charge is 0.0481 e. The van der Waals surface area contributed by atoms with Crippen molar-refractivity contribution in [2.45, 2.75) is 25.8 Å². The maximum atomic E-state index is 3.51. The van der Waals surface area contributed by atoms with Crippen molar-refractivity contribution in [2.24, 2.45) is 5.92 Å². The molecule has 0 aliphatic heterocycles. The summed E-state index contributed by atoms with van der Waals surface area (Å²) in [4.78, 5) is 0. The molecule has 14 heavy (non-hydrogen) atoms. The van der Waals surface area contributed by atoms with Crippen LogP contribution in [0.2, 0.25) is 0 Å². The zero-order chi connectivity index (χ0) is 9.80. The monoisotopic (exact) mass is 187 g/mol. The Morgan fingerprint density at radius 1 is 1.21 bits per heavy atom. The third kappa shape index (κ3) is 2.38. The third-order valence-electron chi connectivity index (χ3n) is 2.65. The molecule has 1 nitrogen and oxygen atoms in total. The van der Waals surface area contributed by atoms with Crippen LogP contribution in [0.25, 0.3) is 0 Å². The summed E-state index contributed by atoms with van der Waals surface area (Å²) in [6.07, 6.45) is 17.6. The molecule has 0 radical (unpaired) electrons. The first-order valence-electron chi connectivity index (χ1n) is 5.33. The van der Waals surface area contributed by atoms with Crippen molar-refractivity contribution in [1.29, 1.82) is 0 Å². The van der Waals surface area contributed by atoms with E-state index in [0.717, 1.165) is 12.8 Å². The van der Waals surface area contributed by atoms with E-state index in [1.165, 1.54) is 5.70 Å². The summed E-state index contributed by atoms with van der Waals surface area (Å²) in [7, 11) is 0. The van der Waals surface area contributed by atoms with Gasteiger partial charge in [-0.25, -0.2) is 0 Å². The van der Waals surface area contributed by atoms with Crippen LogP contribution >= 0.6 is 0 Å². The molecule has 2 unspecified atom stereocenters. The van der Waals surface area contributed by atoms with Gasteiger partial charge in [-0.05, 0) is 24.8 Å². The average Bonchev–Trinajstić information content (AvgIpc) is 2.23. The number of hydrogen-bond acceptors (Lipinski definition) is 1. The molecule has 2 atom stereocenters. The van der Waals surface area contributed by atoms with Crippen LogP contribution in [0, 0.1) is 5.92 Å². The SMILES string of the molecule is CC1C=CC(NC2C=CC=CC2)=CC1. The summed E-state index contributed by atoms with van der Waals surface area (Å²) in [5.74, 6) is 0.697. The second-order valence-electron chi connectivity index (χ2n) is 4.03. The van der Waals surface area contributed by atoms with Crippen molar-refractivity contribution < 1.29 is 0 Å². The van der Waals surface area contributed by atoms with E-state index in [2.05, 4.69) is 54.8 Å². The molecule has 0 heterocycles. The predicted octanol–water partition coefficient (Wildman–Crippen LogP) is 2.94. The summed E-state index contributed by atoms with van der Waals surface area (Å²) in [6.45, 7) is 2.24. The van der Waals surface area contributed by atoms with Gasteiger partial charge in [-0.15, -0.1) is 0 Å². The summed E-state index contributed by atoms with van der Waals surface area (Å²) >= 11 is 0. The fourth-order valence-corrected chi connectivity index (χ4v) is 1.74. The lowest BCUT2D eigenvalue weighted by atomic mass is 10.0. The molecular formula is C13H17N. The lowest BCUT2D eigenvalue weighted by Crippen LogP contribution is -2.26. The van der Waals surface area contributed by atoms with Gasteiger partial charge >= 0.3 is 0 Å². The van der Waals surface area contributed by atoms with Crippen molar-refractivity contribution in [1.82, 2.24) is 5.32 Å². The van der Waals surface area contributed by atoms with Crippen molar-refractivity contribution in [3.05, 3.63) is 48.2 Å². The van der Waals surface area contributed by atoms with E-state index in [4.69, 9.17) is 0 Å². The summed E-state index contributed by atoms with van der Waals surface area (Å²) in [5.41, 5.74) is 1.27. The highest BCUT2D eigenvalue weighted by atomic mass is 14.9. The highest BCUT2D eigenvalue weighted by molar-refractivity contribution is 5.25. The normalized spacial score (nSPS) is 30.2. The van der Waals surface area contributed by atoms with E-state index in [-0.39, 0.29) is 0 Å². The number of rotatable bonds is 2. The third-order valence-corrected chi connectivity index (χ3v) is 2.65. The first-order valence-corrected chi connectivity index (χ1v) is 5.33. The largest absolute Gasteiger partial charge is 0.379 e. The molecule has 1 N–H and O–H groups in total. The van der Waals surface area contributed by atoms with Crippen LogP contribution in [0.5, 0.6) is 0 Å². The van der Waals surface area contributed by atoms with Crippen LogP contribution < -0.4 is 5.32 Å². The fourth-order valence-electron chi connectivity index (χ4n) is 1.74. The van der Waals surface area contributed by atoms with E-state index < -0.39 is 0 Å². The van der Waals surface area contributed by atoms with Gasteiger partial charge in [0.25, 0.3) is 0 Å². The molecule has 1 heteroatoms. The molecule has 0 bridgehead atoms. The van der Waals surface area contributed by atoms with Gasteiger partial charge in [-0.2, -0.15) is 0 Å². The van der Waals surface area contributed by atoms with Crippen LogP contribution in [-0.4, -0.2) is 6.04 Å². The van der Waals surface area contributed by atoms with Crippen molar-refractivity contribution in [2.75, 3.05) is 0 Å². The Bertz CT molecular complexity index is 307. The standard InChI is InChI=1S/C13H17N/c1-11-7-9-13(10-8-11)14-12-5-3-2-4-6-12/h2-5,7,9-12,14H,6,8H2,1H3. The lowest BCUT2D eigenvalue weighted by Gasteiger charge is -2.20. The Labute approximate surface area is 85.9 Å². The lowest BCUT2D eigenvalue weighted by molar-refractivity contribution is 0.658. The zero-order valence-corrected chi connectivity index (χ0v) is 8.61. The molecule has 0 aromatic heterocycles. The Balaban J connectivity index is 1.89. The van der Waals surface area contributed by atoms with Gasteiger partial charge in [0.15, 0.2) is 0 Å². The molecule has 2 aliphatic rings. The number of hydrogen-bond donors (Lipinski definition) is 1. The van der Waals surface area contributed by atoms with Crippen LogP contribution in [0.4, 0.5) is 0 Å². The Morgan fingerprint density at radius 3 is 2.79 bits per heavy atom. The van der Waals surface area contributed by atoms with Gasteiger partial charge < -0.3 is 5.32 Å². The topological polar surface area (TPSA) is 12.0 Å². The van der Waals surface area contributed by atoms with E-state index in [9.17, 15) is 0 Å². The second kappa shape index (κ2) is 4.32. The maximum Gasteiger partial charge on any atom is 0.0481 e. The van der Waals surface area contributed by atoms with Gasteiger partial charge in [-0.1, -0.05) is 43.4 Å². The molecule has 0 aromatic rings. The molecule has 0 saturated heterocycles. The minimum Gasteiger partial charge on any atom is -0.379 e. The quantitative estimate of drug-likeness (QED) is 0.701. The maximum absolute atomic E-state index is 3.51. The van der Waals surface area contributed by atoms with Crippen molar-refractivity contribution in [3.8, 4) is 0 Å². The number of nitrogens with one attached hydrogen (secondary N) is 1. The first kappa shape index (κ1) is 9.32. The molecule has 0 fully saturated rings. The van der Waals surface area contributed by atoms with Gasteiger partial charge in [0.2, 0.25) is 0 Å². The van der Waals surface area contributed by atoms with E-state index in [1.807, 2.05) is 0 Å². The van der Waals surface area contributed by atoms with E-state index in [1.54, 1.807) is 0 Å². The van der Waals surface area contributed by atoms with E-state index in [0.29, 0.717) is 12.0 Å². The summed E-state index contributed by atoms with van der Waals surface area (Å²) in [6, 6.07) is 0.476. The van der Waals surface area contributed by atoms with Crippen LogP contribution in [0.15, 0.2) is 48.2 Å². The van der Waals surface area contributed by atoms with E-state index >= 15 is 0 Å². The number of allylic oxidation sites excluding steroid dienone is 5. The minimum atomic E-state index is 0.476. The van der Waals surface area contributed by atoms with Gasteiger partial charge in [-0.3, -0.25) is 0 Å². The van der Waals surface area contributed by atoms with Crippen molar-refractivity contribution in [3.63, 3.8) is 0 Å². The molecule has 2 rings (SSSR count). The zero-order valence-electron chi connectivity index (χ0n) is 8.61.